The normalized spacial score (nSPS) is 42.0. The molecule has 2 heteroatoms. The van der Waals surface area contributed by atoms with Crippen LogP contribution in [0.25, 0.3) is 0 Å². The molecule has 0 aromatic heterocycles. The molecule has 2 rings (SSSR count). The first-order chi connectivity index (χ1) is 5.77. The average Bonchev–Trinajstić information content (AvgIpc) is 2.78. The Bertz CT molecular complexity index is 158. The first-order valence-electron chi connectivity index (χ1n) is 5.19. The summed E-state index contributed by atoms with van der Waals surface area (Å²) >= 11 is 0. The minimum absolute atomic E-state index is 0.191. The van der Waals surface area contributed by atoms with Gasteiger partial charge in [0, 0.05) is 12.6 Å². The number of nitrogens with one attached hydrogen (secondary N) is 1. The lowest BCUT2D eigenvalue weighted by atomic mass is 9.95. The third kappa shape index (κ3) is 1.80. The van der Waals surface area contributed by atoms with Gasteiger partial charge in [-0.25, -0.2) is 0 Å². The van der Waals surface area contributed by atoms with E-state index in [-0.39, 0.29) is 6.10 Å². The molecule has 0 amide bonds. The summed E-state index contributed by atoms with van der Waals surface area (Å²) in [6, 6.07) is 0.721. The summed E-state index contributed by atoms with van der Waals surface area (Å²) in [5.74, 6) is 1.99. The van der Waals surface area contributed by atoms with Gasteiger partial charge in [-0.3, -0.25) is 0 Å². The van der Waals surface area contributed by atoms with E-state index < -0.39 is 0 Å². The molecular weight excluding hydrogens is 150 g/mol. The van der Waals surface area contributed by atoms with Crippen LogP contribution in [-0.2, 0) is 0 Å². The highest BCUT2D eigenvalue weighted by atomic mass is 16.3. The van der Waals surface area contributed by atoms with E-state index in [2.05, 4.69) is 5.32 Å². The van der Waals surface area contributed by atoms with Crippen molar-refractivity contribution in [3.8, 4) is 0 Å². The Balaban J connectivity index is 1.73. The molecule has 2 saturated carbocycles. The molecule has 0 aliphatic heterocycles. The Hall–Kier alpha value is -0.0800. The molecule has 2 fully saturated rings. The minimum atomic E-state index is -0.191. The van der Waals surface area contributed by atoms with Crippen molar-refractivity contribution in [1.82, 2.24) is 5.32 Å². The van der Waals surface area contributed by atoms with Gasteiger partial charge in [-0.15, -0.1) is 0 Å². The Morgan fingerprint density at radius 2 is 2.33 bits per heavy atom. The SMILES string of the molecule is C[C@@H](O)CNC1CCC[C@@H]2C[C@H]12. The molecule has 0 saturated heterocycles. The van der Waals surface area contributed by atoms with Gasteiger partial charge in [-0.05, 0) is 31.6 Å². The third-order valence-electron chi connectivity index (χ3n) is 3.26. The molecular formula is C10H19NO. The summed E-state index contributed by atoms with van der Waals surface area (Å²) in [6.07, 6.45) is 5.42. The monoisotopic (exact) mass is 169 g/mol. The van der Waals surface area contributed by atoms with Crippen LogP contribution < -0.4 is 5.32 Å². The van der Waals surface area contributed by atoms with Crippen LogP contribution >= 0.6 is 0 Å². The summed E-state index contributed by atoms with van der Waals surface area (Å²) in [5, 5.41) is 12.6. The van der Waals surface area contributed by atoms with Crippen LogP contribution in [-0.4, -0.2) is 23.8 Å². The van der Waals surface area contributed by atoms with Gasteiger partial charge in [0.2, 0.25) is 0 Å². The Morgan fingerprint density at radius 1 is 1.50 bits per heavy atom. The van der Waals surface area contributed by atoms with Gasteiger partial charge in [-0.2, -0.15) is 0 Å². The van der Waals surface area contributed by atoms with Crippen molar-refractivity contribution in [2.45, 2.75) is 44.8 Å². The van der Waals surface area contributed by atoms with Gasteiger partial charge in [-0.1, -0.05) is 12.8 Å². The summed E-state index contributed by atoms with van der Waals surface area (Å²) in [5.41, 5.74) is 0. The number of rotatable bonds is 3. The van der Waals surface area contributed by atoms with Gasteiger partial charge in [0.1, 0.15) is 0 Å². The van der Waals surface area contributed by atoms with Crippen LogP contribution in [0, 0.1) is 11.8 Å². The van der Waals surface area contributed by atoms with E-state index in [1.807, 2.05) is 6.92 Å². The average molecular weight is 169 g/mol. The predicted molar refractivity (Wildman–Crippen MR) is 48.9 cm³/mol. The number of aliphatic hydroxyl groups is 1. The van der Waals surface area contributed by atoms with Gasteiger partial charge in [0.25, 0.3) is 0 Å². The van der Waals surface area contributed by atoms with E-state index in [0.29, 0.717) is 0 Å². The van der Waals surface area contributed by atoms with Crippen LogP contribution in [0.3, 0.4) is 0 Å². The highest BCUT2D eigenvalue weighted by Gasteiger charge is 2.44. The van der Waals surface area contributed by atoms with Crippen LogP contribution in [0.1, 0.15) is 32.6 Å². The van der Waals surface area contributed by atoms with Crippen molar-refractivity contribution in [2.75, 3.05) is 6.54 Å². The molecule has 0 radical (unpaired) electrons. The zero-order valence-electron chi connectivity index (χ0n) is 7.79. The highest BCUT2D eigenvalue weighted by molar-refractivity contribution is 4.98. The van der Waals surface area contributed by atoms with Gasteiger partial charge in [0.15, 0.2) is 0 Å². The second-order valence-corrected chi connectivity index (χ2v) is 4.45. The second-order valence-electron chi connectivity index (χ2n) is 4.45. The lowest BCUT2D eigenvalue weighted by Gasteiger charge is -2.23. The fourth-order valence-corrected chi connectivity index (χ4v) is 2.49. The van der Waals surface area contributed by atoms with Gasteiger partial charge in [0.05, 0.1) is 6.10 Å². The molecule has 0 aromatic carbocycles. The van der Waals surface area contributed by atoms with Crippen LogP contribution in [0.5, 0.6) is 0 Å². The van der Waals surface area contributed by atoms with E-state index in [9.17, 15) is 0 Å². The van der Waals surface area contributed by atoms with E-state index in [1.54, 1.807) is 0 Å². The first-order valence-corrected chi connectivity index (χ1v) is 5.19. The van der Waals surface area contributed by atoms with Crippen molar-refractivity contribution >= 4 is 0 Å². The van der Waals surface area contributed by atoms with E-state index in [1.165, 1.54) is 25.7 Å². The number of hydrogen-bond donors (Lipinski definition) is 2. The largest absolute Gasteiger partial charge is 0.392 e. The summed E-state index contributed by atoms with van der Waals surface area (Å²) in [6.45, 7) is 2.62. The van der Waals surface area contributed by atoms with Gasteiger partial charge < -0.3 is 10.4 Å². The fraction of sp³-hybridized carbons (Fsp3) is 1.00. The summed E-state index contributed by atoms with van der Waals surface area (Å²) in [7, 11) is 0. The van der Waals surface area contributed by atoms with E-state index in [0.717, 1.165) is 24.4 Å². The Labute approximate surface area is 74.4 Å². The molecule has 0 bridgehead atoms. The zero-order chi connectivity index (χ0) is 8.55. The molecule has 4 atom stereocenters. The molecule has 0 heterocycles. The highest BCUT2D eigenvalue weighted by Crippen LogP contribution is 2.49. The van der Waals surface area contributed by atoms with E-state index in [4.69, 9.17) is 5.11 Å². The molecule has 0 spiro atoms. The zero-order valence-corrected chi connectivity index (χ0v) is 7.79. The maximum absolute atomic E-state index is 9.12. The van der Waals surface area contributed by atoms with Gasteiger partial charge >= 0.3 is 0 Å². The standard InChI is InChI=1S/C10H19NO/c1-7(12)6-11-10-4-2-3-8-5-9(8)10/h7-12H,2-6H2,1H3/t7-,8-,9+,10?/m1/s1. The molecule has 2 aliphatic carbocycles. The number of aliphatic hydroxyl groups excluding tert-OH is 1. The molecule has 2 aliphatic rings. The predicted octanol–water partition coefficient (Wildman–Crippen LogP) is 1.15. The lowest BCUT2D eigenvalue weighted by molar-refractivity contribution is 0.179. The lowest BCUT2D eigenvalue weighted by Crippen LogP contribution is -2.37. The summed E-state index contributed by atoms with van der Waals surface area (Å²) in [4.78, 5) is 0. The number of hydrogen-bond acceptors (Lipinski definition) is 2. The van der Waals surface area contributed by atoms with Crippen molar-refractivity contribution < 1.29 is 5.11 Å². The smallest absolute Gasteiger partial charge is 0.0636 e. The van der Waals surface area contributed by atoms with E-state index >= 15 is 0 Å². The second kappa shape index (κ2) is 3.35. The van der Waals surface area contributed by atoms with Crippen LogP contribution in [0.4, 0.5) is 0 Å². The molecule has 2 nitrogen and oxygen atoms in total. The van der Waals surface area contributed by atoms with Crippen molar-refractivity contribution in [3.63, 3.8) is 0 Å². The third-order valence-corrected chi connectivity index (χ3v) is 3.26. The first kappa shape index (κ1) is 8.52. The minimum Gasteiger partial charge on any atom is -0.392 e. The topological polar surface area (TPSA) is 32.3 Å². The quantitative estimate of drug-likeness (QED) is 0.664. The Morgan fingerprint density at radius 3 is 3.08 bits per heavy atom. The Kier molecular flexibility index (Phi) is 2.37. The molecule has 2 N–H and O–H groups in total. The van der Waals surface area contributed by atoms with Crippen molar-refractivity contribution in [3.05, 3.63) is 0 Å². The fourth-order valence-electron chi connectivity index (χ4n) is 2.49. The summed E-state index contributed by atoms with van der Waals surface area (Å²) < 4.78 is 0. The number of fused-ring (bicyclic) bond motifs is 1. The molecule has 1 unspecified atom stereocenters. The maximum Gasteiger partial charge on any atom is 0.0636 e. The van der Waals surface area contributed by atoms with Crippen molar-refractivity contribution in [1.29, 1.82) is 0 Å². The van der Waals surface area contributed by atoms with Crippen LogP contribution in [0.15, 0.2) is 0 Å². The maximum atomic E-state index is 9.12. The molecule has 12 heavy (non-hydrogen) atoms. The molecule has 0 aromatic rings. The van der Waals surface area contributed by atoms with Crippen molar-refractivity contribution in [2.24, 2.45) is 11.8 Å². The van der Waals surface area contributed by atoms with Crippen LogP contribution in [0.2, 0.25) is 0 Å². The molecule has 70 valence electrons.